The van der Waals surface area contributed by atoms with Crippen LogP contribution in [-0.4, -0.2) is 50.0 Å². The summed E-state index contributed by atoms with van der Waals surface area (Å²) in [5.74, 6) is 0. The molecule has 0 saturated heterocycles. The molecule has 0 amide bonds. The first-order valence-electron chi connectivity index (χ1n) is 11.1. The Balaban J connectivity index is 2.40. The highest BCUT2D eigenvalue weighted by Gasteiger charge is 2.41. The zero-order valence-corrected chi connectivity index (χ0v) is 22.6. The van der Waals surface area contributed by atoms with Gasteiger partial charge in [-0.1, -0.05) is 39.0 Å². The van der Waals surface area contributed by atoms with Crippen LogP contribution >= 0.6 is 11.6 Å². The van der Waals surface area contributed by atoms with E-state index in [0.717, 1.165) is 0 Å². The van der Waals surface area contributed by atoms with Gasteiger partial charge in [0.05, 0.1) is 15.2 Å². The lowest BCUT2D eigenvalue weighted by atomic mass is 10.1. The normalized spacial score (nSPS) is 22.2. The van der Waals surface area contributed by atoms with E-state index in [2.05, 4.69) is 40.4 Å². The second-order valence-corrected chi connectivity index (χ2v) is 17.1. The van der Waals surface area contributed by atoms with Crippen molar-refractivity contribution in [3.63, 3.8) is 0 Å². The third kappa shape index (κ3) is 6.99. The van der Waals surface area contributed by atoms with E-state index >= 15 is 0 Å². The smallest absolute Gasteiger partial charge is 0.269 e. The van der Waals surface area contributed by atoms with E-state index in [9.17, 15) is 18.5 Å². The Morgan fingerprint density at radius 3 is 2.36 bits per heavy atom. The third-order valence-corrected chi connectivity index (χ3v) is 13.2. The van der Waals surface area contributed by atoms with Crippen molar-refractivity contribution in [2.75, 3.05) is 6.54 Å². The first-order valence-corrected chi connectivity index (χ1v) is 15.8. The Hall–Kier alpha value is -1.52. The molecule has 0 unspecified atom stereocenters. The molecule has 184 valence electrons. The van der Waals surface area contributed by atoms with E-state index in [1.807, 2.05) is 12.2 Å². The maximum Gasteiger partial charge on any atom is 0.269 e. The molecule has 0 heterocycles. The number of hydrogen-bond donors (Lipinski definition) is 0. The summed E-state index contributed by atoms with van der Waals surface area (Å²) >= 11 is 6.51. The van der Waals surface area contributed by atoms with Crippen LogP contribution < -0.4 is 0 Å². The summed E-state index contributed by atoms with van der Waals surface area (Å²) in [5.41, 5.74) is -0.159. The molecule has 1 aromatic rings. The number of sulfonamides is 1. The topological polar surface area (TPSA) is 89.8 Å². The van der Waals surface area contributed by atoms with E-state index in [4.69, 9.17) is 16.0 Å². The largest absolute Gasteiger partial charge is 0.414 e. The van der Waals surface area contributed by atoms with Gasteiger partial charge in [-0.3, -0.25) is 10.1 Å². The average Bonchev–Trinajstić information content (AvgIpc) is 2.88. The van der Waals surface area contributed by atoms with Crippen LogP contribution in [0.5, 0.6) is 0 Å². The van der Waals surface area contributed by atoms with Crippen molar-refractivity contribution >= 4 is 35.6 Å². The molecule has 0 N–H and O–H groups in total. The highest BCUT2D eigenvalue weighted by molar-refractivity contribution is 7.89. The molecule has 0 saturated carbocycles. The van der Waals surface area contributed by atoms with Gasteiger partial charge < -0.3 is 4.43 Å². The van der Waals surface area contributed by atoms with Gasteiger partial charge >= 0.3 is 0 Å². The van der Waals surface area contributed by atoms with Crippen molar-refractivity contribution < 1.29 is 17.8 Å². The van der Waals surface area contributed by atoms with Crippen LogP contribution in [0.25, 0.3) is 0 Å². The quantitative estimate of drug-likeness (QED) is 0.135. The number of nitro groups is 1. The molecular weight excluding hydrogens is 480 g/mol. The molecular formula is C23H35ClN2O5SSi. The van der Waals surface area contributed by atoms with Gasteiger partial charge in [-0.2, -0.15) is 4.31 Å². The van der Waals surface area contributed by atoms with E-state index in [1.54, 1.807) is 6.08 Å². The highest BCUT2D eigenvalue weighted by atomic mass is 35.5. The standard InChI is InChI=1S/C23H35ClN2O5SSi/c1-7-8-15-25(32(29,30)22-13-11-19(12-14-22)26(27)28)20-10-9-18(24)16-21(17-20)31-33(5,6)23(2,3)4/h7,9-14,18,20-21H,1,8,15-17H2,2-6H3/t18-,20+,21+/m0/s1. The second-order valence-electron chi connectivity index (χ2n) is 9.88. The van der Waals surface area contributed by atoms with Gasteiger partial charge in [0.25, 0.3) is 5.69 Å². The molecule has 7 nitrogen and oxygen atoms in total. The number of rotatable bonds is 9. The molecule has 0 radical (unpaired) electrons. The Bertz CT molecular complexity index is 974. The molecule has 1 aromatic carbocycles. The Labute approximate surface area is 203 Å². The third-order valence-electron chi connectivity index (χ3n) is 6.38. The van der Waals surface area contributed by atoms with Crippen molar-refractivity contribution in [3.8, 4) is 0 Å². The summed E-state index contributed by atoms with van der Waals surface area (Å²) in [6.07, 6.45) is 6.73. The van der Waals surface area contributed by atoms with Crippen LogP contribution in [0, 0.1) is 10.1 Å². The lowest BCUT2D eigenvalue weighted by molar-refractivity contribution is -0.384. The maximum absolute atomic E-state index is 13.6. The number of alkyl halides is 1. The summed E-state index contributed by atoms with van der Waals surface area (Å²) < 4.78 is 35.2. The molecule has 0 aliphatic heterocycles. The highest BCUT2D eigenvalue weighted by Crippen LogP contribution is 2.39. The fourth-order valence-corrected chi connectivity index (χ4v) is 6.76. The average molecular weight is 515 g/mol. The Morgan fingerprint density at radius 1 is 1.24 bits per heavy atom. The monoisotopic (exact) mass is 514 g/mol. The number of halogens is 1. The summed E-state index contributed by atoms with van der Waals surface area (Å²) in [6.45, 7) is 14.8. The maximum atomic E-state index is 13.6. The summed E-state index contributed by atoms with van der Waals surface area (Å²) in [4.78, 5) is 10.4. The minimum Gasteiger partial charge on any atom is -0.414 e. The SMILES string of the molecule is C=CCCN([C@@H]1C=C[C@H](Cl)C[C@@H](O[Si](C)(C)C(C)(C)C)C1)S(=O)(=O)c1ccc([N+](=O)[O-])cc1. The second kappa shape index (κ2) is 10.8. The molecule has 2 rings (SSSR count). The molecule has 1 aliphatic carbocycles. The summed E-state index contributed by atoms with van der Waals surface area (Å²) in [5, 5.41) is 10.7. The predicted octanol–water partition coefficient (Wildman–Crippen LogP) is 5.88. The lowest BCUT2D eigenvalue weighted by Gasteiger charge is -2.40. The molecule has 1 aliphatic rings. The molecule has 0 spiro atoms. The van der Waals surface area contributed by atoms with Crippen LogP contribution in [0.15, 0.2) is 54.0 Å². The Morgan fingerprint density at radius 2 is 1.85 bits per heavy atom. The number of benzene rings is 1. The molecule has 33 heavy (non-hydrogen) atoms. The van der Waals surface area contributed by atoms with Crippen molar-refractivity contribution in [1.82, 2.24) is 4.31 Å². The fraction of sp³-hybridized carbons (Fsp3) is 0.565. The summed E-state index contributed by atoms with van der Waals surface area (Å²) in [7, 11) is -6.02. The Kier molecular flexibility index (Phi) is 9.09. The molecule has 0 aromatic heterocycles. The first kappa shape index (κ1) is 27.7. The number of nitro benzene ring substituents is 1. The van der Waals surface area contributed by atoms with Gasteiger partial charge in [0.1, 0.15) is 0 Å². The van der Waals surface area contributed by atoms with E-state index in [-0.39, 0.29) is 33.6 Å². The van der Waals surface area contributed by atoms with Crippen LogP contribution in [0.1, 0.15) is 40.0 Å². The van der Waals surface area contributed by atoms with Crippen molar-refractivity contribution in [2.45, 2.75) is 80.6 Å². The van der Waals surface area contributed by atoms with Gasteiger partial charge in [-0.05, 0) is 49.5 Å². The zero-order valence-electron chi connectivity index (χ0n) is 20.0. The van der Waals surface area contributed by atoms with Gasteiger partial charge in [0, 0.05) is 30.8 Å². The number of nitrogens with zero attached hydrogens (tertiary/aromatic N) is 2. The van der Waals surface area contributed by atoms with Gasteiger partial charge in [-0.25, -0.2) is 8.42 Å². The van der Waals surface area contributed by atoms with Crippen molar-refractivity contribution in [1.29, 1.82) is 0 Å². The molecule has 0 fully saturated rings. The van der Waals surface area contributed by atoms with Gasteiger partial charge in [0.2, 0.25) is 10.0 Å². The van der Waals surface area contributed by atoms with Gasteiger partial charge in [0.15, 0.2) is 8.32 Å². The van der Waals surface area contributed by atoms with E-state index in [1.165, 1.54) is 28.6 Å². The van der Waals surface area contributed by atoms with E-state index in [0.29, 0.717) is 19.3 Å². The molecule has 0 bridgehead atoms. The van der Waals surface area contributed by atoms with Crippen LogP contribution in [0.2, 0.25) is 18.1 Å². The fourth-order valence-electron chi connectivity index (χ4n) is 3.48. The molecule has 10 heteroatoms. The number of hydrogen-bond acceptors (Lipinski definition) is 5. The lowest BCUT2D eigenvalue weighted by Crippen LogP contribution is -2.47. The van der Waals surface area contributed by atoms with Crippen molar-refractivity contribution in [3.05, 3.63) is 59.2 Å². The van der Waals surface area contributed by atoms with E-state index < -0.39 is 29.3 Å². The van der Waals surface area contributed by atoms with Crippen molar-refractivity contribution in [2.24, 2.45) is 0 Å². The zero-order chi connectivity index (χ0) is 25.0. The molecule has 3 atom stereocenters. The minimum atomic E-state index is -3.92. The van der Waals surface area contributed by atoms with Gasteiger partial charge in [-0.15, -0.1) is 18.2 Å². The van der Waals surface area contributed by atoms with Crippen LogP contribution in [0.3, 0.4) is 0 Å². The summed E-state index contributed by atoms with van der Waals surface area (Å²) in [6, 6.07) is 4.52. The van der Waals surface area contributed by atoms with Crippen LogP contribution in [-0.2, 0) is 14.4 Å². The number of allylic oxidation sites excluding steroid dienone is 1. The predicted molar refractivity (Wildman–Crippen MR) is 136 cm³/mol. The first-order chi connectivity index (χ1) is 15.2. The number of non-ortho nitro benzene ring substituents is 1. The minimum absolute atomic E-state index is 0.0113. The van der Waals surface area contributed by atoms with Crippen LogP contribution in [0.4, 0.5) is 5.69 Å².